The van der Waals surface area contributed by atoms with Crippen LogP contribution in [-0.2, 0) is 9.47 Å². The quantitative estimate of drug-likeness (QED) is 0.650. The minimum Gasteiger partial charge on any atom is -0.444 e. The number of rotatable bonds is 7. The second-order valence-corrected chi connectivity index (χ2v) is 4.47. The van der Waals surface area contributed by atoms with Crippen molar-refractivity contribution >= 4 is 6.09 Å². The Morgan fingerprint density at radius 3 is 2.50 bits per heavy atom. The Kier molecular flexibility index (Phi) is 7.93. The van der Waals surface area contributed by atoms with E-state index in [1.54, 1.807) is 0 Å². The monoisotopic (exact) mass is 233 g/mol. The average molecular weight is 233 g/mol. The SMILES string of the molecule is CC(C)(C)OC(=O)NCCCCOCCO. The van der Waals surface area contributed by atoms with Crippen LogP contribution in [0.15, 0.2) is 0 Å². The first kappa shape index (κ1) is 15.2. The molecule has 0 rings (SSSR count). The maximum atomic E-state index is 11.2. The van der Waals surface area contributed by atoms with Crippen LogP contribution in [0.5, 0.6) is 0 Å². The summed E-state index contributed by atoms with van der Waals surface area (Å²) in [7, 11) is 0. The summed E-state index contributed by atoms with van der Waals surface area (Å²) in [5.74, 6) is 0. The summed E-state index contributed by atoms with van der Waals surface area (Å²) >= 11 is 0. The lowest BCUT2D eigenvalue weighted by molar-refractivity contribution is 0.0523. The molecule has 0 aromatic carbocycles. The van der Waals surface area contributed by atoms with Gasteiger partial charge in [-0.3, -0.25) is 0 Å². The number of alkyl carbamates (subject to hydrolysis) is 1. The van der Waals surface area contributed by atoms with Gasteiger partial charge in [-0.15, -0.1) is 0 Å². The molecule has 0 aliphatic carbocycles. The third-order valence-corrected chi connectivity index (χ3v) is 1.62. The van der Waals surface area contributed by atoms with Crippen LogP contribution < -0.4 is 5.32 Å². The number of hydrogen-bond donors (Lipinski definition) is 2. The molecule has 0 bridgehead atoms. The molecule has 0 spiro atoms. The number of aliphatic hydroxyl groups is 1. The topological polar surface area (TPSA) is 67.8 Å². The van der Waals surface area contributed by atoms with Gasteiger partial charge in [0.05, 0.1) is 13.2 Å². The van der Waals surface area contributed by atoms with Gasteiger partial charge in [-0.1, -0.05) is 0 Å². The fourth-order valence-electron chi connectivity index (χ4n) is 1.00. The molecule has 0 heterocycles. The lowest BCUT2D eigenvalue weighted by atomic mass is 10.2. The Hall–Kier alpha value is -0.810. The van der Waals surface area contributed by atoms with Gasteiger partial charge in [0.1, 0.15) is 5.60 Å². The molecule has 0 unspecified atom stereocenters. The van der Waals surface area contributed by atoms with Crippen molar-refractivity contribution < 1.29 is 19.4 Å². The third kappa shape index (κ3) is 11.3. The molecule has 96 valence electrons. The summed E-state index contributed by atoms with van der Waals surface area (Å²) in [5, 5.41) is 11.1. The van der Waals surface area contributed by atoms with Crippen molar-refractivity contribution in [1.29, 1.82) is 0 Å². The molecular formula is C11H23NO4. The summed E-state index contributed by atoms with van der Waals surface area (Å²) < 4.78 is 10.1. The molecule has 0 fully saturated rings. The minimum atomic E-state index is -0.450. The van der Waals surface area contributed by atoms with Gasteiger partial charge >= 0.3 is 6.09 Å². The Morgan fingerprint density at radius 2 is 1.94 bits per heavy atom. The van der Waals surface area contributed by atoms with Gasteiger partial charge < -0.3 is 19.9 Å². The number of unbranched alkanes of at least 4 members (excludes halogenated alkanes) is 1. The lowest BCUT2D eigenvalue weighted by Crippen LogP contribution is -2.33. The smallest absolute Gasteiger partial charge is 0.407 e. The van der Waals surface area contributed by atoms with E-state index in [9.17, 15) is 4.79 Å². The van der Waals surface area contributed by atoms with Crippen molar-refractivity contribution in [2.45, 2.75) is 39.2 Å². The van der Waals surface area contributed by atoms with Crippen LogP contribution in [-0.4, -0.2) is 43.2 Å². The highest BCUT2D eigenvalue weighted by molar-refractivity contribution is 5.67. The largest absolute Gasteiger partial charge is 0.444 e. The molecule has 0 aliphatic rings. The van der Waals surface area contributed by atoms with E-state index >= 15 is 0 Å². The highest BCUT2D eigenvalue weighted by atomic mass is 16.6. The molecule has 5 heteroatoms. The normalized spacial score (nSPS) is 11.2. The third-order valence-electron chi connectivity index (χ3n) is 1.62. The Labute approximate surface area is 97.1 Å². The summed E-state index contributed by atoms with van der Waals surface area (Å²) in [5.41, 5.74) is -0.450. The zero-order valence-electron chi connectivity index (χ0n) is 10.4. The van der Waals surface area contributed by atoms with E-state index in [4.69, 9.17) is 14.6 Å². The Balaban J connectivity index is 3.28. The first-order valence-electron chi connectivity index (χ1n) is 5.61. The van der Waals surface area contributed by atoms with E-state index in [0.717, 1.165) is 12.8 Å². The van der Waals surface area contributed by atoms with Crippen LogP contribution in [0.3, 0.4) is 0 Å². The fourth-order valence-corrected chi connectivity index (χ4v) is 1.00. The van der Waals surface area contributed by atoms with E-state index in [-0.39, 0.29) is 12.7 Å². The summed E-state index contributed by atoms with van der Waals surface area (Å²) in [6.07, 6.45) is 1.31. The maximum Gasteiger partial charge on any atom is 0.407 e. The molecule has 0 aromatic rings. The number of ether oxygens (including phenoxy) is 2. The van der Waals surface area contributed by atoms with Crippen molar-refractivity contribution in [3.8, 4) is 0 Å². The number of nitrogens with one attached hydrogen (secondary N) is 1. The van der Waals surface area contributed by atoms with Gasteiger partial charge in [0, 0.05) is 13.2 Å². The van der Waals surface area contributed by atoms with Crippen LogP contribution in [0.4, 0.5) is 4.79 Å². The predicted molar refractivity (Wildman–Crippen MR) is 61.4 cm³/mol. The number of hydrogen-bond acceptors (Lipinski definition) is 4. The van der Waals surface area contributed by atoms with Crippen LogP contribution in [0.1, 0.15) is 33.6 Å². The molecule has 0 aliphatic heterocycles. The predicted octanol–water partition coefficient (Wildman–Crippen LogP) is 1.30. The first-order chi connectivity index (χ1) is 7.45. The minimum absolute atomic E-state index is 0.0517. The Bertz CT molecular complexity index is 189. The first-order valence-corrected chi connectivity index (χ1v) is 5.61. The van der Waals surface area contributed by atoms with E-state index < -0.39 is 5.60 Å². The second kappa shape index (κ2) is 8.35. The average Bonchev–Trinajstić information content (AvgIpc) is 2.13. The molecule has 0 aromatic heterocycles. The van der Waals surface area contributed by atoms with Crippen molar-refractivity contribution in [1.82, 2.24) is 5.32 Å². The molecule has 0 saturated heterocycles. The zero-order chi connectivity index (χ0) is 12.4. The fraction of sp³-hybridized carbons (Fsp3) is 0.909. The van der Waals surface area contributed by atoms with Crippen molar-refractivity contribution in [2.75, 3.05) is 26.4 Å². The number of carbonyl (C=O) groups is 1. The van der Waals surface area contributed by atoms with Crippen LogP contribution in [0, 0.1) is 0 Å². The molecule has 2 N–H and O–H groups in total. The van der Waals surface area contributed by atoms with Gasteiger partial charge in [0.15, 0.2) is 0 Å². The standard InChI is InChI=1S/C11H23NO4/c1-11(2,3)16-10(14)12-6-4-5-8-15-9-7-13/h13H,4-9H2,1-3H3,(H,12,14). The Morgan fingerprint density at radius 1 is 1.25 bits per heavy atom. The van der Waals surface area contributed by atoms with Crippen molar-refractivity contribution in [3.05, 3.63) is 0 Å². The molecular weight excluding hydrogens is 210 g/mol. The maximum absolute atomic E-state index is 11.2. The molecule has 16 heavy (non-hydrogen) atoms. The summed E-state index contributed by atoms with van der Waals surface area (Å²) in [4.78, 5) is 11.2. The van der Waals surface area contributed by atoms with E-state index in [0.29, 0.717) is 19.8 Å². The van der Waals surface area contributed by atoms with E-state index in [1.807, 2.05) is 20.8 Å². The zero-order valence-corrected chi connectivity index (χ0v) is 10.4. The molecule has 0 saturated carbocycles. The highest BCUT2D eigenvalue weighted by Crippen LogP contribution is 2.06. The van der Waals surface area contributed by atoms with Crippen LogP contribution in [0.25, 0.3) is 0 Å². The van der Waals surface area contributed by atoms with Gasteiger partial charge in [-0.2, -0.15) is 0 Å². The van der Waals surface area contributed by atoms with Gasteiger partial charge in [0.25, 0.3) is 0 Å². The van der Waals surface area contributed by atoms with Gasteiger partial charge in [-0.05, 0) is 33.6 Å². The van der Waals surface area contributed by atoms with Crippen molar-refractivity contribution in [3.63, 3.8) is 0 Å². The van der Waals surface area contributed by atoms with E-state index in [1.165, 1.54) is 0 Å². The number of carbonyl (C=O) groups excluding carboxylic acids is 1. The lowest BCUT2D eigenvalue weighted by Gasteiger charge is -2.19. The molecule has 0 atom stereocenters. The molecule has 0 radical (unpaired) electrons. The number of amides is 1. The van der Waals surface area contributed by atoms with Crippen LogP contribution in [0.2, 0.25) is 0 Å². The van der Waals surface area contributed by atoms with Gasteiger partial charge in [0.2, 0.25) is 0 Å². The molecule has 5 nitrogen and oxygen atoms in total. The van der Waals surface area contributed by atoms with Crippen LogP contribution >= 0.6 is 0 Å². The molecule has 1 amide bonds. The summed E-state index contributed by atoms with van der Waals surface area (Å²) in [6, 6.07) is 0. The van der Waals surface area contributed by atoms with Gasteiger partial charge in [-0.25, -0.2) is 4.79 Å². The van der Waals surface area contributed by atoms with Crippen molar-refractivity contribution in [2.24, 2.45) is 0 Å². The summed E-state index contributed by atoms with van der Waals surface area (Å²) in [6.45, 7) is 7.10. The number of aliphatic hydroxyl groups excluding tert-OH is 1. The highest BCUT2D eigenvalue weighted by Gasteiger charge is 2.15. The second-order valence-electron chi connectivity index (χ2n) is 4.47. The van der Waals surface area contributed by atoms with E-state index in [2.05, 4.69) is 5.32 Å².